The largest absolute Gasteiger partial charge is 0.341 e. The van der Waals surface area contributed by atoms with Crippen molar-refractivity contribution in [2.45, 2.75) is 37.6 Å². The summed E-state index contributed by atoms with van der Waals surface area (Å²) in [5.41, 5.74) is 7.00. The third-order valence-corrected chi connectivity index (χ3v) is 5.19. The SMILES string of the molecule is NCCc1nc(C(=O)NC2(c3ccccc3)CCCC2)cs1. The maximum absolute atomic E-state index is 12.6. The summed E-state index contributed by atoms with van der Waals surface area (Å²) in [7, 11) is 0. The van der Waals surface area contributed by atoms with Crippen LogP contribution in [-0.4, -0.2) is 17.4 Å². The summed E-state index contributed by atoms with van der Waals surface area (Å²) in [6.45, 7) is 0.558. The highest BCUT2D eigenvalue weighted by atomic mass is 32.1. The van der Waals surface area contributed by atoms with E-state index in [1.54, 1.807) is 0 Å². The molecular weight excluding hydrogens is 294 g/mol. The molecule has 1 heterocycles. The number of benzene rings is 1. The average Bonchev–Trinajstić information content (AvgIpc) is 3.19. The molecule has 0 bridgehead atoms. The quantitative estimate of drug-likeness (QED) is 0.891. The van der Waals surface area contributed by atoms with Crippen LogP contribution >= 0.6 is 11.3 Å². The molecule has 1 fully saturated rings. The maximum Gasteiger partial charge on any atom is 0.271 e. The zero-order valence-corrected chi connectivity index (χ0v) is 13.4. The first-order valence-electron chi connectivity index (χ1n) is 7.76. The van der Waals surface area contributed by atoms with Gasteiger partial charge in [0, 0.05) is 11.8 Å². The molecule has 1 aliphatic rings. The first-order valence-corrected chi connectivity index (χ1v) is 8.64. The van der Waals surface area contributed by atoms with Crippen molar-refractivity contribution in [3.8, 4) is 0 Å². The van der Waals surface area contributed by atoms with E-state index in [0.717, 1.165) is 37.1 Å². The Morgan fingerprint density at radius 1 is 1.27 bits per heavy atom. The summed E-state index contributed by atoms with van der Waals surface area (Å²) in [6, 6.07) is 10.3. The predicted octanol–water partition coefficient (Wildman–Crippen LogP) is 2.84. The number of amides is 1. The Balaban J connectivity index is 1.80. The number of carbonyl (C=O) groups is 1. The summed E-state index contributed by atoms with van der Waals surface area (Å²) >= 11 is 1.50. The summed E-state index contributed by atoms with van der Waals surface area (Å²) in [5, 5.41) is 6.01. The van der Waals surface area contributed by atoms with Crippen molar-refractivity contribution >= 4 is 17.2 Å². The minimum Gasteiger partial charge on any atom is -0.341 e. The van der Waals surface area contributed by atoms with Gasteiger partial charge in [-0.1, -0.05) is 43.2 Å². The second kappa shape index (κ2) is 6.58. The zero-order chi connectivity index (χ0) is 15.4. The molecule has 1 aromatic carbocycles. The molecule has 0 spiro atoms. The Bertz CT molecular complexity index is 632. The molecule has 2 aromatic rings. The van der Waals surface area contributed by atoms with E-state index in [-0.39, 0.29) is 11.4 Å². The fraction of sp³-hybridized carbons (Fsp3) is 0.412. The van der Waals surface area contributed by atoms with Crippen LogP contribution in [0.3, 0.4) is 0 Å². The van der Waals surface area contributed by atoms with E-state index >= 15 is 0 Å². The molecule has 3 N–H and O–H groups in total. The number of aromatic nitrogens is 1. The smallest absolute Gasteiger partial charge is 0.271 e. The first kappa shape index (κ1) is 15.2. The lowest BCUT2D eigenvalue weighted by Gasteiger charge is -2.30. The van der Waals surface area contributed by atoms with Gasteiger partial charge in [0.05, 0.1) is 10.5 Å². The molecule has 1 aromatic heterocycles. The van der Waals surface area contributed by atoms with E-state index in [1.165, 1.54) is 16.9 Å². The average molecular weight is 315 g/mol. The molecule has 22 heavy (non-hydrogen) atoms. The van der Waals surface area contributed by atoms with Crippen molar-refractivity contribution < 1.29 is 4.79 Å². The Kier molecular flexibility index (Phi) is 4.55. The standard InChI is InChI=1S/C17H21N3OS/c18-11-8-15-19-14(12-22-15)16(21)20-17(9-4-5-10-17)13-6-2-1-3-7-13/h1-3,6-7,12H,4-5,8-11,18H2,(H,20,21). The zero-order valence-electron chi connectivity index (χ0n) is 12.5. The number of hydrogen-bond donors (Lipinski definition) is 2. The van der Waals surface area contributed by atoms with Gasteiger partial charge in [-0.2, -0.15) is 0 Å². The fourth-order valence-corrected chi connectivity index (χ4v) is 3.95. The number of nitrogens with one attached hydrogen (secondary N) is 1. The van der Waals surface area contributed by atoms with Gasteiger partial charge in [-0.3, -0.25) is 4.79 Å². The normalized spacial score (nSPS) is 16.6. The molecule has 3 rings (SSSR count). The van der Waals surface area contributed by atoms with E-state index in [2.05, 4.69) is 22.4 Å². The van der Waals surface area contributed by atoms with Gasteiger partial charge >= 0.3 is 0 Å². The minimum atomic E-state index is -0.240. The molecular formula is C17H21N3OS. The number of thiazole rings is 1. The van der Waals surface area contributed by atoms with Gasteiger partial charge in [-0.05, 0) is 24.9 Å². The van der Waals surface area contributed by atoms with Crippen LogP contribution in [0.15, 0.2) is 35.7 Å². The van der Waals surface area contributed by atoms with Gasteiger partial charge in [-0.25, -0.2) is 4.98 Å². The molecule has 0 atom stereocenters. The Labute approximate surface area is 134 Å². The first-order chi connectivity index (χ1) is 10.7. The second-order valence-corrected chi connectivity index (χ2v) is 6.72. The van der Waals surface area contributed by atoms with Crippen LogP contribution in [0.2, 0.25) is 0 Å². The van der Waals surface area contributed by atoms with Crippen molar-refractivity contribution in [1.29, 1.82) is 0 Å². The maximum atomic E-state index is 12.6. The summed E-state index contributed by atoms with van der Waals surface area (Å²) < 4.78 is 0. The molecule has 0 radical (unpaired) electrons. The van der Waals surface area contributed by atoms with Crippen molar-refractivity contribution in [2.24, 2.45) is 5.73 Å². The van der Waals surface area contributed by atoms with Crippen LogP contribution in [0.5, 0.6) is 0 Å². The Morgan fingerprint density at radius 2 is 2.00 bits per heavy atom. The monoisotopic (exact) mass is 315 g/mol. The van der Waals surface area contributed by atoms with Gasteiger partial charge in [-0.15, -0.1) is 11.3 Å². The highest BCUT2D eigenvalue weighted by molar-refractivity contribution is 7.09. The second-order valence-electron chi connectivity index (χ2n) is 5.77. The number of hydrogen-bond acceptors (Lipinski definition) is 4. The van der Waals surface area contributed by atoms with E-state index < -0.39 is 0 Å². The molecule has 0 aliphatic heterocycles. The van der Waals surface area contributed by atoms with Gasteiger partial charge in [0.15, 0.2) is 0 Å². The lowest BCUT2D eigenvalue weighted by molar-refractivity contribution is 0.0893. The number of nitrogens with two attached hydrogens (primary N) is 1. The van der Waals surface area contributed by atoms with E-state index in [0.29, 0.717) is 12.2 Å². The topological polar surface area (TPSA) is 68.0 Å². The Morgan fingerprint density at radius 3 is 2.68 bits per heavy atom. The van der Waals surface area contributed by atoms with Crippen LogP contribution in [-0.2, 0) is 12.0 Å². The van der Waals surface area contributed by atoms with E-state index in [4.69, 9.17) is 5.73 Å². The van der Waals surface area contributed by atoms with Gasteiger partial charge in [0.1, 0.15) is 5.69 Å². The van der Waals surface area contributed by atoms with Crippen molar-refractivity contribution in [1.82, 2.24) is 10.3 Å². The highest BCUT2D eigenvalue weighted by Crippen LogP contribution is 2.38. The third-order valence-electron chi connectivity index (χ3n) is 4.28. The summed E-state index contributed by atoms with van der Waals surface area (Å²) in [6.07, 6.45) is 4.99. The van der Waals surface area contributed by atoms with Crippen molar-refractivity contribution in [3.63, 3.8) is 0 Å². The van der Waals surface area contributed by atoms with Gasteiger partial charge in [0.25, 0.3) is 5.91 Å². The van der Waals surface area contributed by atoms with E-state index in [1.807, 2.05) is 23.6 Å². The lowest BCUT2D eigenvalue weighted by atomic mass is 9.88. The minimum absolute atomic E-state index is 0.0784. The summed E-state index contributed by atoms with van der Waals surface area (Å²) in [5.74, 6) is -0.0784. The molecule has 116 valence electrons. The molecule has 0 unspecified atom stereocenters. The third kappa shape index (κ3) is 3.05. The lowest BCUT2D eigenvalue weighted by Crippen LogP contribution is -2.43. The van der Waals surface area contributed by atoms with Crippen LogP contribution < -0.4 is 11.1 Å². The molecule has 0 saturated heterocycles. The predicted molar refractivity (Wildman–Crippen MR) is 88.9 cm³/mol. The van der Waals surface area contributed by atoms with E-state index in [9.17, 15) is 4.79 Å². The van der Waals surface area contributed by atoms with Crippen molar-refractivity contribution in [2.75, 3.05) is 6.54 Å². The highest BCUT2D eigenvalue weighted by Gasteiger charge is 2.37. The van der Waals surface area contributed by atoms with Crippen LogP contribution in [0.4, 0.5) is 0 Å². The summed E-state index contributed by atoms with van der Waals surface area (Å²) in [4.78, 5) is 17.0. The molecule has 1 aliphatic carbocycles. The van der Waals surface area contributed by atoms with Gasteiger partial charge in [0.2, 0.25) is 0 Å². The molecule has 1 amide bonds. The van der Waals surface area contributed by atoms with Gasteiger partial charge < -0.3 is 11.1 Å². The van der Waals surface area contributed by atoms with Crippen molar-refractivity contribution in [3.05, 3.63) is 52.0 Å². The number of carbonyl (C=O) groups excluding carboxylic acids is 1. The molecule has 4 nitrogen and oxygen atoms in total. The number of nitrogens with zero attached hydrogens (tertiary/aromatic N) is 1. The van der Waals surface area contributed by atoms with Crippen LogP contribution in [0, 0.1) is 0 Å². The number of rotatable bonds is 5. The molecule has 5 heteroatoms. The fourth-order valence-electron chi connectivity index (χ4n) is 3.16. The van der Waals surface area contributed by atoms with Crippen LogP contribution in [0.1, 0.15) is 46.7 Å². The molecule has 1 saturated carbocycles. The van der Waals surface area contributed by atoms with Crippen LogP contribution in [0.25, 0.3) is 0 Å². The Hall–Kier alpha value is -1.72.